The smallest absolute Gasteiger partial charge is 0.260 e. The molecule has 0 spiro atoms. The number of hydrogen-bond donors (Lipinski definition) is 1. The monoisotopic (exact) mass is 438 g/mol. The van der Waals surface area contributed by atoms with E-state index in [1.54, 1.807) is 4.90 Å². The number of likely N-dealkylation sites (tertiary alicyclic amines) is 1. The van der Waals surface area contributed by atoms with Gasteiger partial charge in [-0.15, -0.1) is 0 Å². The van der Waals surface area contributed by atoms with E-state index < -0.39 is 0 Å². The van der Waals surface area contributed by atoms with Crippen LogP contribution in [0.2, 0.25) is 0 Å². The molecule has 0 aliphatic carbocycles. The Kier molecular flexibility index (Phi) is 8.54. The third-order valence-electron chi connectivity index (χ3n) is 5.73. The third-order valence-corrected chi connectivity index (χ3v) is 5.73. The highest BCUT2D eigenvalue weighted by Gasteiger charge is 2.24. The summed E-state index contributed by atoms with van der Waals surface area (Å²) in [6, 6.07) is 13.9. The number of carbonyl (C=O) groups excluding carboxylic acids is 2. The van der Waals surface area contributed by atoms with Crippen LogP contribution in [0.3, 0.4) is 0 Å². The molecule has 0 bridgehead atoms. The fraction of sp³-hybridized carbons (Fsp3) is 0.462. The lowest BCUT2D eigenvalue weighted by Crippen LogP contribution is -2.48. The summed E-state index contributed by atoms with van der Waals surface area (Å²) in [5, 5.41) is 3.02. The molecule has 1 aliphatic heterocycles. The van der Waals surface area contributed by atoms with Crippen molar-refractivity contribution >= 4 is 11.8 Å². The van der Waals surface area contributed by atoms with Gasteiger partial charge in [-0.1, -0.05) is 43.2 Å². The molecule has 1 N–H and O–H groups in total. The van der Waals surface area contributed by atoms with E-state index >= 15 is 0 Å². The number of amides is 2. The molecular weight excluding hydrogens is 404 g/mol. The normalized spacial score (nSPS) is 14.2. The second kappa shape index (κ2) is 11.6. The van der Waals surface area contributed by atoms with E-state index in [-0.39, 0.29) is 31.1 Å². The molecule has 0 aromatic heterocycles. The number of nitrogens with zero attached hydrogens (tertiary/aromatic N) is 1. The van der Waals surface area contributed by atoms with Crippen LogP contribution in [0.4, 0.5) is 0 Å². The molecule has 2 amide bonds. The predicted molar refractivity (Wildman–Crippen MR) is 125 cm³/mol. The van der Waals surface area contributed by atoms with Gasteiger partial charge in [-0.05, 0) is 62.4 Å². The van der Waals surface area contributed by atoms with E-state index in [2.05, 4.69) is 12.2 Å². The first-order valence-electron chi connectivity index (χ1n) is 11.4. The Morgan fingerprint density at radius 2 is 1.72 bits per heavy atom. The number of aryl methyl sites for hydroxylation is 3. The van der Waals surface area contributed by atoms with Crippen LogP contribution in [0.5, 0.6) is 11.5 Å². The van der Waals surface area contributed by atoms with Gasteiger partial charge in [-0.25, -0.2) is 0 Å². The van der Waals surface area contributed by atoms with Gasteiger partial charge in [-0.2, -0.15) is 0 Å². The lowest BCUT2D eigenvalue weighted by molar-refractivity contribution is -0.134. The van der Waals surface area contributed by atoms with Crippen LogP contribution in [-0.4, -0.2) is 49.1 Å². The highest BCUT2D eigenvalue weighted by atomic mass is 16.5. The molecule has 1 saturated heterocycles. The van der Waals surface area contributed by atoms with Crippen molar-refractivity contribution in [1.29, 1.82) is 0 Å². The lowest BCUT2D eigenvalue weighted by atomic mass is 10.1. The summed E-state index contributed by atoms with van der Waals surface area (Å²) in [5.74, 6) is 1.28. The number of nitrogens with one attached hydrogen (secondary N) is 1. The first-order valence-corrected chi connectivity index (χ1v) is 11.4. The van der Waals surface area contributed by atoms with Crippen LogP contribution in [0.25, 0.3) is 0 Å². The van der Waals surface area contributed by atoms with Crippen molar-refractivity contribution in [1.82, 2.24) is 10.2 Å². The van der Waals surface area contributed by atoms with Gasteiger partial charge in [-0.3, -0.25) is 9.59 Å². The van der Waals surface area contributed by atoms with E-state index in [1.807, 2.05) is 56.3 Å². The van der Waals surface area contributed by atoms with Gasteiger partial charge in [0.15, 0.2) is 13.2 Å². The van der Waals surface area contributed by atoms with Crippen LogP contribution in [-0.2, 0) is 16.0 Å². The van der Waals surface area contributed by atoms with Gasteiger partial charge in [0.05, 0.1) is 0 Å². The molecule has 3 rings (SSSR count). The summed E-state index contributed by atoms with van der Waals surface area (Å²) in [6.45, 7) is 7.41. The summed E-state index contributed by atoms with van der Waals surface area (Å²) in [6.07, 6.45) is 3.60. The Morgan fingerprint density at radius 1 is 1.00 bits per heavy atom. The van der Waals surface area contributed by atoms with E-state index in [0.717, 1.165) is 37.0 Å². The average molecular weight is 439 g/mol. The van der Waals surface area contributed by atoms with Crippen LogP contribution < -0.4 is 14.8 Å². The summed E-state index contributed by atoms with van der Waals surface area (Å²) >= 11 is 0. The maximum absolute atomic E-state index is 12.5. The van der Waals surface area contributed by atoms with Crippen LogP contribution >= 0.6 is 0 Å². The lowest BCUT2D eigenvalue weighted by Gasteiger charge is -2.32. The van der Waals surface area contributed by atoms with Crippen molar-refractivity contribution in [3.05, 3.63) is 59.2 Å². The molecule has 6 nitrogen and oxygen atoms in total. The number of rotatable bonds is 9. The maximum Gasteiger partial charge on any atom is 0.260 e. The molecule has 0 atom stereocenters. The zero-order valence-electron chi connectivity index (χ0n) is 19.4. The first-order chi connectivity index (χ1) is 15.4. The minimum Gasteiger partial charge on any atom is -0.484 e. The standard InChI is InChI=1S/C26H34N2O4/c1-4-5-21-7-9-23(10-8-21)31-17-25(29)27-22-12-14-28(15-13-22)26(30)18-32-24-11-6-19(2)16-20(24)3/h6-11,16,22H,4-5,12-15,17-18H2,1-3H3,(H,27,29). The topological polar surface area (TPSA) is 67.9 Å². The van der Waals surface area contributed by atoms with Crippen LogP contribution in [0.15, 0.2) is 42.5 Å². The quantitative estimate of drug-likeness (QED) is 0.646. The average Bonchev–Trinajstić information content (AvgIpc) is 2.78. The number of benzene rings is 2. The highest BCUT2D eigenvalue weighted by molar-refractivity contribution is 5.79. The fourth-order valence-corrected chi connectivity index (χ4v) is 3.92. The van der Waals surface area contributed by atoms with E-state index in [4.69, 9.17) is 9.47 Å². The molecule has 2 aromatic carbocycles. The number of piperidine rings is 1. The minimum atomic E-state index is -0.134. The minimum absolute atomic E-state index is 0.00396. The van der Waals surface area contributed by atoms with Crippen molar-refractivity contribution in [3.8, 4) is 11.5 Å². The van der Waals surface area contributed by atoms with Gasteiger partial charge >= 0.3 is 0 Å². The Balaban J connectivity index is 1.35. The molecule has 0 radical (unpaired) electrons. The molecule has 1 aliphatic rings. The Bertz CT molecular complexity index is 903. The molecule has 0 unspecified atom stereocenters. The molecule has 172 valence electrons. The van der Waals surface area contributed by atoms with Crippen molar-refractivity contribution in [2.45, 2.75) is 52.5 Å². The third kappa shape index (κ3) is 7.01. The zero-order valence-corrected chi connectivity index (χ0v) is 19.4. The van der Waals surface area contributed by atoms with Crippen LogP contribution in [0, 0.1) is 13.8 Å². The summed E-state index contributed by atoms with van der Waals surface area (Å²) in [4.78, 5) is 26.6. The van der Waals surface area contributed by atoms with Gasteiger partial charge in [0.1, 0.15) is 11.5 Å². The molecule has 1 fully saturated rings. The Morgan fingerprint density at radius 3 is 2.38 bits per heavy atom. The SMILES string of the molecule is CCCc1ccc(OCC(=O)NC2CCN(C(=O)COc3ccc(C)cc3C)CC2)cc1. The predicted octanol–water partition coefficient (Wildman–Crippen LogP) is 3.82. The van der Waals surface area contributed by atoms with E-state index in [9.17, 15) is 9.59 Å². The molecule has 32 heavy (non-hydrogen) atoms. The fourth-order valence-electron chi connectivity index (χ4n) is 3.92. The van der Waals surface area contributed by atoms with Crippen molar-refractivity contribution in [2.24, 2.45) is 0 Å². The zero-order chi connectivity index (χ0) is 22.9. The second-order valence-electron chi connectivity index (χ2n) is 8.46. The number of ether oxygens (including phenoxy) is 2. The first kappa shape index (κ1) is 23.6. The summed E-state index contributed by atoms with van der Waals surface area (Å²) < 4.78 is 11.3. The largest absolute Gasteiger partial charge is 0.484 e. The molecular formula is C26H34N2O4. The number of hydrogen-bond acceptors (Lipinski definition) is 4. The van der Waals surface area contributed by atoms with Crippen LogP contribution in [0.1, 0.15) is 42.9 Å². The molecule has 6 heteroatoms. The van der Waals surface area contributed by atoms with Crippen molar-refractivity contribution in [2.75, 3.05) is 26.3 Å². The van der Waals surface area contributed by atoms with Gasteiger partial charge in [0, 0.05) is 19.1 Å². The number of carbonyl (C=O) groups is 2. The van der Waals surface area contributed by atoms with Gasteiger partial charge in [0.25, 0.3) is 11.8 Å². The van der Waals surface area contributed by atoms with E-state index in [0.29, 0.717) is 18.8 Å². The van der Waals surface area contributed by atoms with Crippen molar-refractivity contribution in [3.63, 3.8) is 0 Å². The van der Waals surface area contributed by atoms with Gasteiger partial charge < -0.3 is 19.7 Å². The maximum atomic E-state index is 12.5. The Hall–Kier alpha value is -3.02. The highest BCUT2D eigenvalue weighted by Crippen LogP contribution is 2.19. The van der Waals surface area contributed by atoms with Gasteiger partial charge in [0.2, 0.25) is 0 Å². The van der Waals surface area contributed by atoms with E-state index in [1.165, 1.54) is 11.1 Å². The summed E-state index contributed by atoms with van der Waals surface area (Å²) in [5.41, 5.74) is 3.46. The van der Waals surface area contributed by atoms with Crippen molar-refractivity contribution < 1.29 is 19.1 Å². The Labute approximate surface area is 190 Å². The second-order valence-corrected chi connectivity index (χ2v) is 8.46. The summed E-state index contributed by atoms with van der Waals surface area (Å²) in [7, 11) is 0. The molecule has 2 aromatic rings. The molecule has 0 saturated carbocycles. The molecule has 1 heterocycles.